The maximum Gasteiger partial charge on any atom is 0.119 e. The molecule has 2 aliphatic rings. The Kier molecular flexibility index (Phi) is 7.16. The zero-order valence-electron chi connectivity index (χ0n) is 19.3. The van der Waals surface area contributed by atoms with Crippen molar-refractivity contribution in [2.24, 2.45) is 0 Å². The van der Waals surface area contributed by atoms with Crippen molar-refractivity contribution < 1.29 is 14.2 Å². The highest BCUT2D eigenvalue weighted by molar-refractivity contribution is 5.45. The van der Waals surface area contributed by atoms with Crippen molar-refractivity contribution in [3.8, 4) is 11.5 Å². The molecule has 5 nitrogen and oxygen atoms in total. The Morgan fingerprint density at radius 3 is 2.39 bits per heavy atom. The van der Waals surface area contributed by atoms with Crippen LogP contribution in [0.15, 0.2) is 42.5 Å². The summed E-state index contributed by atoms with van der Waals surface area (Å²) in [5.74, 6) is 2.25. The first kappa shape index (κ1) is 22.1. The fourth-order valence-corrected chi connectivity index (χ4v) is 4.98. The second-order valence-electron chi connectivity index (χ2n) is 9.10. The van der Waals surface area contributed by atoms with E-state index in [0.29, 0.717) is 18.1 Å². The van der Waals surface area contributed by atoms with E-state index < -0.39 is 0 Å². The van der Waals surface area contributed by atoms with E-state index in [1.54, 1.807) is 7.11 Å². The van der Waals surface area contributed by atoms with Gasteiger partial charge in [-0.05, 0) is 68.3 Å². The van der Waals surface area contributed by atoms with E-state index in [0.717, 1.165) is 57.3 Å². The van der Waals surface area contributed by atoms with Crippen LogP contribution in [0.1, 0.15) is 42.9 Å². The van der Waals surface area contributed by atoms with Gasteiger partial charge in [-0.3, -0.25) is 4.90 Å². The number of hydrogen-bond acceptors (Lipinski definition) is 5. The van der Waals surface area contributed by atoms with E-state index in [2.05, 4.69) is 73.2 Å². The van der Waals surface area contributed by atoms with Crippen LogP contribution in [0.2, 0.25) is 0 Å². The lowest BCUT2D eigenvalue weighted by Crippen LogP contribution is -2.45. The highest BCUT2D eigenvalue weighted by Crippen LogP contribution is 2.35. The molecule has 0 radical (unpaired) electrons. The van der Waals surface area contributed by atoms with Crippen LogP contribution in [0.5, 0.6) is 11.5 Å². The third-order valence-electron chi connectivity index (χ3n) is 6.33. The van der Waals surface area contributed by atoms with Gasteiger partial charge in [0, 0.05) is 38.6 Å². The van der Waals surface area contributed by atoms with Crippen molar-refractivity contribution in [1.82, 2.24) is 9.80 Å². The van der Waals surface area contributed by atoms with Crippen molar-refractivity contribution in [2.75, 3.05) is 46.9 Å². The van der Waals surface area contributed by atoms with Gasteiger partial charge in [0.15, 0.2) is 0 Å². The molecule has 0 bridgehead atoms. The van der Waals surface area contributed by atoms with Gasteiger partial charge < -0.3 is 19.1 Å². The molecule has 2 aliphatic heterocycles. The molecule has 4 rings (SSSR count). The minimum Gasteiger partial charge on any atom is -0.497 e. The first-order chi connectivity index (χ1) is 15.0. The Hall–Kier alpha value is -2.08. The molecule has 168 valence electrons. The van der Waals surface area contributed by atoms with E-state index >= 15 is 0 Å². The van der Waals surface area contributed by atoms with Crippen LogP contribution in [-0.2, 0) is 11.3 Å². The summed E-state index contributed by atoms with van der Waals surface area (Å²) in [4.78, 5) is 4.88. The molecule has 0 aromatic heterocycles. The first-order valence-corrected chi connectivity index (χ1v) is 11.5. The third kappa shape index (κ3) is 5.59. The Bertz CT molecular complexity index is 844. The minimum atomic E-state index is 0.320. The number of benzene rings is 2. The smallest absolute Gasteiger partial charge is 0.119 e. The summed E-state index contributed by atoms with van der Waals surface area (Å²) in [7, 11) is 3.90. The fraction of sp³-hybridized carbons (Fsp3) is 0.538. The van der Waals surface area contributed by atoms with Crippen LogP contribution in [0.4, 0.5) is 0 Å². The SMILES string of the molecule is COc1ccc(C2CN(C)Cc3cc(OCCCN4C[C@@H](C)O[C@@H](C)C4)ccc32)cc1. The highest BCUT2D eigenvalue weighted by Gasteiger charge is 2.25. The lowest BCUT2D eigenvalue weighted by molar-refractivity contribution is -0.0686. The van der Waals surface area contributed by atoms with E-state index in [1.807, 2.05) is 0 Å². The molecule has 0 aliphatic carbocycles. The Labute approximate surface area is 186 Å². The van der Waals surface area contributed by atoms with Crippen LogP contribution < -0.4 is 9.47 Å². The van der Waals surface area contributed by atoms with Gasteiger partial charge in [0.25, 0.3) is 0 Å². The van der Waals surface area contributed by atoms with Gasteiger partial charge in [-0.1, -0.05) is 18.2 Å². The molecule has 0 amide bonds. The average Bonchev–Trinajstić information content (AvgIpc) is 2.75. The summed E-state index contributed by atoms with van der Waals surface area (Å²) in [6, 6.07) is 15.1. The zero-order valence-corrected chi connectivity index (χ0v) is 19.3. The molecule has 2 aromatic carbocycles. The molecule has 31 heavy (non-hydrogen) atoms. The lowest BCUT2D eigenvalue weighted by Gasteiger charge is -2.35. The molecule has 2 heterocycles. The standard InChI is InChI=1S/C26H36N2O3/c1-19-15-28(16-20(2)31-19)12-5-13-30-24-10-11-25-22(14-24)17-27(3)18-26(25)21-6-8-23(29-4)9-7-21/h6-11,14,19-20,26H,5,12-13,15-18H2,1-4H3/t19-,20+,26?. The van der Waals surface area contributed by atoms with Crippen molar-refractivity contribution in [1.29, 1.82) is 0 Å². The molecule has 5 heteroatoms. The second-order valence-corrected chi connectivity index (χ2v) is 9.10. The number of methoxy groups -OCH3 is 1. The normalized spacial score (nSPS) is 24.6. The summed E-state index contributed by atoms with van der Waals surface area (Å²) in [5, 5.41) is 0. The van der Waals surface area contributed by atoms with Crippen molar-refractivity contribution >= 4 is 0 Å². The lowest BCUT2D eigenvalue weighted by atomic mass is 9.84. The van der Waals surface area contributed by atoms with E-state index in [-0.39, 0.29) is 0 Å². The van der Waals surface area contributed by atoms with E-state index in [9.17, 15) is 0 Å². The number of likely N-dealkylation sites (N-methyl/N-ethyl adjacent to an activating group) is 1. The van der Waals surface area contributed by atoms with Crippen molar-refractivity contribution in [2.45, 2.75) is 44.9 Å². The average molecular weight is 425 g/mol. The number of nitrogens with zero attached hydrogens (tertiary/aromatic N) is 2. The summed E-state index contributed by atoms with van der Waals surface area (Å²) in [5.41, 5.74) is 4.10. The Balaban J connectivity index is 1.36. The van der Waals surface area contributed by atoms with E-state index in [4.69, 9.17) is 14.2 Å². The fourth-order valence-electron chi connectivity index (χ4n) is 4.98. The van der Waals surface area contributed by atoms with Crippen LogP contribution >= 0.6 is 0 Å². The zero-order chi connectivity index (χ0) is 21.8. The van der Waals surface area contributed by atoms with Crippen LogP contribution in [0.25, 0.3) is 0 Å². The number of ether oxygens (including phenoxy) is 3. The predicted molar refractivity (Wildman–Crippen MR) is 124 cm³/mol. The van der Waals surface area contributed by atoms with Crippen LogP contribution in [0, 0.1) is 0 Å². The minimum absolute atomic E-state index is 0.320. The molecule has 0 saturated carbocycles. The Morgan fingerprint density at radius 1 is 0.968 bits per heavy atom. The quantitative estimate of drug-likeness (QED) is 0.624. The molecule has 1 saturated heterocycles. The summed E-state index contributed by atoms with van der Waals surface area (Å²) < 4.78 is 17.3. The van der Waals surface area contributed by atoms with Gasteiger partial charge in [0.1, 0.15) is 11.5 Å². The van der Waals surface area contributed by atoms with Crippen LogP contribution in [0.3, 0.4) is 0 Å². The molecule has 0 spiro atoms. The second kappa shape index (κ2) is 10.0. The molecule has 2 aromatic rings. The first-order valence-electron chi connectivity index (χ1n) is 11.5. The number of rotatable bonds is 7. The van der Waals surface area contributed by atoms with Gasteiger partial charge in [-0.15, -0.1) is 0 Å². The highest BCUT2D eigenvalue weighted by atomic mass is 16.5. The predicted octanol–water partition coefficient (Wildman–Crippen LogP) is 4.15. The van der Waals surface area contributed by atoms with Crippen molar-refractivity contribution in [3.63, 3.8) is 0 Å². The third-order valence-corrected chi connectivity index (χ3v) is 6.33. The van der Waals surface area contributed by atoms with Gasteiger partial charge in [0.2, 0.25) is 0 Å². The molecule has 1 unspecified atom stereocenters. The topological polar surface area (TPSA) is 34.2 Å². The summed E-state index contributed by atoms with van der Waals surface area (Å²) in [6.45, 7) is 10.1. The van der Waals surface area contributed by atoms with Crippen molar-refractivity contribution in [3.05, 3.63) is 59.2 Å². The van der Waals surface area contributed by atoms with Gasteiger partial charge in [-0.25, -0.2) is 0 Å². The summed E-state index contributed by atoms with van der Waals surface area (Å²) >= 11 is 0. The molecule has 0 N–H and O–H groups in total. The number of morpholine rings is 1. The van der Waals surface area contributed by atoms with Gasteiger partial charge >= 0.3 is 0 Å². The Morgan fingerprint density at radius 2 is 1.68 bits per heavy atom. The maximum atomic E-state index is 6.13. The molecular formula is C26H36N2O3. The monoisotopic (exact) mass is 424 g/mol. The summed E-state index contributed by atoms with van der Waals surface area (Å²) in [6.07, 6.45) is 1.67. The van der Waals surface area contributed by atoms with Gasteiger partial charge in [0.05, 0.1) is 25.9 Å². The molecular weight excluding hydrogens is 388 g/mol. The number of hydrogen-bond donors (Lipinski definition) is 0. The largest absolute Gasteiger partial charge is 0.497 e. The van der Waals surface area contributed by atoms with Crippen LogP contribution in [-0.4, -0.2) is 69.0 Å². The van der Waals surface area contributed by atoms with E-state index in [1.165, 1.54) is 16.7 Å². The number of fused-ring (bicyclic) bond motifs is 1. The molecule has 1 fully saturated rings. The van der Waals surface area contributed by atoms with Gasteiger partial charge in [-0.2, -0.15) is 0 Å². The molecule has 3 atom stereocenters. The maximum absolute atomic E-state index is 6.13.